The second-order valence-corrected chi connectivity index (χ2v) is 6.71. The fourth-order valence-electron chi connectivity index (χ4n) is 2.39. The Kier molecular flexibility index (Phi) is 4.10. The van der Waals surface area contributed by atoms with Crippen molar-refractivity contribution in [3.05, 3.63) is 29.6 Å². The minimum Gasteiger partial charge on any atom is -0.480 e. The van der Waals surface area contributed by atoms with Crippen LogP contribution in [0, 0.1) is 12.7 Å². The van der Waals surface area contributed by atoms with Crippen LogP contribution in [-0.4, -0.2) is 36.4 Å². The van der Waals surface area contributed by atoms with Crippen LogP contribution in [0.2, 0.25) is 0 Å². The van der Waals surface area contributed by atoms with E-state index < -0.39 is 32.7 Å². The maximum Gasteiger partial charge on any atom is 0.322 e. The molecule has 0 saturated carbocycles. The van der Waals surface area contributed by atoms with Crippen LogP contribution in [-0.2, 0) is 14.8 Å². The average Bonchev–Trinajstić information content (AvgIpc) is 2.41. The molecule has 1 aliphatic rings. The number of hydrogen-bond acceptors (Lipinski definition) is 3. The van der Waals surface area contributed by atoms with Crippen LogP contribution >= 0.6 is 0 Å². The van der Waals surface area contributed by atoms with Gasteiger partial charge in [-0.05, 0) is 37.8 Å². The highest BCUT2D eigenvalue weighted by atomic mass is 32.2. The third-order valence-electron chi connectivity index (χ3n) is 3.48. The van der Waals surface area contributed by atoms with Gasteiger partial charge in [-0.25, -0.2) is 12.8 Å². The number of halogens is 1. The van der Waals surface area contributed by atoms with Crippen LogP contribution in [0.25, 0.3) is 0 Å². The normalized spacial score (nSPS) is 20.8. The number of sulfonamides is 1. The molecule has 1 N–H and O–H groups in total. The Bertz CT molecular complexity index is 629. The van der Waals surface area contributed by atoms with E-state index in [2.05, 4.69) is 0 Å². The van der Waals surface area contributed by atoms with Gasteiger partial charge in [0.25, 0.3) is 0 Å². The van der Waals surface area contributed by atoms with Crippen molar-refractivity contribution in [1.29, 1.82) is 0 Å². The average molecular weight is 301 g/mol. The molecule has 1 atom stereocenters. The molecule has 1 aromatic carbocycles. The number of piperidine rings is 1. The topological polar surface area (TPSA) is 74.7 Å². The van der Waals surface area contributed by atoms with E-state index in [0.717, 1.165) is 4.31 Å². The molecular weight excluding hydrogens is 285 g/mol. The molecule has 0 amide bonds. The Morgan fingerprint density at radius 2 is 2.10 bits per heavy atom. The van der Waals surface area contributed by atoms with Gasteiger partial charge < -0.3 is 5.11 Å². The van der Waals surface area contributed by atoms with Crippen LogP contribution in [0.5, 0.6) is 0 Å². The summed E-state index contributed by atoms with van der Waals surface area (Å²) in [6.45, 7) is 1.58. The van der Waals surface area contributed by atoms with Crippen molar-refractivity contribution in [3.63, 3.8) is 0 Å². The van der Waals surface area contributed by atoms with Crippen LogP contribution in [0.1, 0.15) is 24.8 Å². The number of benzene rings is 1. The third kappa shape index (κ3) is 2.55. The highest BCUT2D eigenvalue weighted by Crippen LogP contribution is 2.27. The van der Waals surface area contributed by atoms with Gasteiger partial charge in [0, 0.05) is 6.54 Å². The van der Waals surface area contributed by atoms with E-state index in [0.29, 0.717) is 12.8 Å². The van der Waals surface area contributed by atoms with E-state index >= 15 is 0 Å². The molecule has 1 unspecified atom stereocenters. The molecular formula is C13H16FNO4S. The van der Waals surface area contributed by atoms with Gasteiger partial charge in [-0.1, -0.05) is 12.1 Å². The molecule has 1 aromatic rings. The Morgan fingerprint density at radius 3 is 2.75 bits per heavy atom. The lowest BCUT2D eigenvalue weighted by Crippen LogP contribution is -2.48. The van der Waals surface area contributed by atoms with Gasteiger partial charge in [0.2, 0.25) is 10.0 Å². The second-order valence-electron chi connectivity index (χ2n) is 4.85. The van der Waals surface area contributed by atoms with E-state index in [4.69, 9.17) is 5.11 Å². The lowest BCUT2D eigenvalue weighted by atomic mass is 10.1. The van der Waals surface area contributed by atoms with Crippen LogP contribution < -0.4 is 0 Å². The number of aliphatic carboxylic acids is 1. The summed E-state index contributed by atoms with van der Waals surface area (Å²) in [4.78, 5) is 10.7. The van der Waals surface area contributed by atoms with Gasteiger partial charge in [-0.3, -0.25) is 4.79 Å². The zero-order chi connectivity index (χ0) is 14.9. The van der Waals surface area contributed by atoms with E-state index in [-0.39, 0.29) is 18.5 Å². The second kappa shape index (κ2) is 5.49. The summed E-state index contributed by atoms with van der Waals surface area (Å²) in [5, 5.41) is 9.14. The zero-order valence-corrected chi connectivity index (χ0v) is 11.9. The van der Waals surface area contributed by atoms with E-state index in [1.807, 2.05) is 0 Å². The molecule has 110 valence electrons. The van der Waals surface area contributed by atoms with Crippen LogP contribution in [0.4, 0.5) is 4.39 Å². The van der Waals surface area contributed by atoms with Gasteiger partial charge in [-0.2, -0.15) is 4.31 Å². The van der Waals surface area contributed by atoms with Gasteiger partial charge in [0.15, 0.2) is 0 Å². The quantitative estimate of drug-likeness (QED) is 0.923. The molecule has 1 aliphatic heterocycles. The zero-order valence-electron chi connectivity index (χ0n) is 11.0. The Hall–Kier alpha value is -1.47. The van der Waals surface area contributed by atoms with Crippen LogP contribution in [0.3, 0.4) is 0 Å². The lowest BCUT2D eigenvalue weighted by Gasteiger charge is -2.32. The molecule has 1 saturated heterocycles. The van der Waals surface area contributed by atoms with Crippen molar-refractivity contribution in [2.45, 2.75) is 37.1 Å². The summed E-state index contributed by atoms with van der Waals surface area (Å²) in [5.74, 6) is -2.01. The molecule has 5 nitrogen and oxygen atoms in total. The Balaban J connectivity index is 2.48. The molecule has 0 bridgehead atoms. The summed E-state index contributed by atoms with van der Waals surface area (Å²) < 4.78 is 39.9. The fraction of sp³-hybridized carbons (Fsp3) is 0.462. The first-order valence-corrected chi connectivity index (χ1v) is 7.79. The molecule has 2 rings (SSSR count). The number of carboxylic acids is 1. The number of rotatable bonds is 3. The van der Waals surface area contributed by atoms with E-state index in [1.54, 1.807) is 0 Å². The van der Waals surface area contributed by atoms with E-state index in [1.165, 1.54) is 25.1 Å². The molecule has 1 fully saturated rings. The van der Waals surface area contributed by atoms with Gasteiger partial charge in [0.05, 0.1) is 0 Å². The monoisotopic (exact) mass is 301 g/mol. The maximum atomic E-state index is 14.0. The number of aryl methyl sites for hydroxylation is 1. The maximum absolute atomic E-state index is 14.0. The highest BCUT2D eigenvalue weighted by molar-refractivity contribution is 7.89. The first-order valence-electron chi connectivity index (χ1n) is 6.35. The number of nitrogens with zero attached hydrogens (tertiary/aromatic N) is 1. The van der Waals surface area contributed by atoms with Gasteiger partial charge in [0.1, 0.15) is 16.8 Å². The molecule has 0 aliphatic carbocycles. The predicted octanol–water partition coefficient (Wildman–Crippen LogP) is 1.76. The first-order chi connectivity index (χ1) is 9.35. The van der Waals surface area contributed by atoms with Crippen molar-refractivity contribution in [3.8, 4) is 0 Å². The molecule has 0 aromatic heterocycles. The van der Waals surface area contributed by atoms with Gasteiger partial charge >= 0.3 is 5.97 Å². The van der Waals surface area contributed by atoms with Crippen molar-refractivity contribution >= 4 is 16.0 Å². The summed E-state index contributed by atoms with van der Waals surface area (Å²) in [7, 11) is -4.13. The minimum atomic E-state index is -4.13. The fourth-order valence-corrected chi connectivity index (χ4v) is 4.18. The largest absolute Gasteiger partial charge is 0.480 e. The third-order valence-corrected chi connectivity index (χ3v) is 5.41. The van der Waals surface area contributed by atoms with Crippen molar-refractivity contribution < 1.29 is 22.7 Å². The smallest absolute Gasteiger partial charge is 0.322 e. The standard InChI is InChI=1S/C13H16FNO4S/c1-9-5-4-7-11(12(9)14)20(18,19)15-8-3-2-6-10(15)13(16)17/h4-5,7,10H,2-3,6,8H2,1H3,(H,16,17). The Labute approximate surface area is 117 Å². The SMILES string of the molecule is Cc1cccc(S(=O)(=O)N2CCCCC2C(=O)O)c1F. The minimum absolute atomic E-state index is 0.104. The molecule has 0 spiro atoms. The predicted molar refractivity (Wildman–Crippen MR) is 70.3 cm³/mol. The number of hydrogen-bond donors (Lipinski definition) is 1. The molecule has 20 heavy (non-hydrogen) atoms. The number of carbonyl (C=O) groups is 1. The molecule has 7 heteroatoms. The first kappa shape index (κ1) is 14.9. The lowest BCUT2D eigenvalue weighted by molar-refractivity contribution is -0.142. The van der Waals surface area contributed by atoms with Crippen LogP contribution in [0.15, 0.2) is 23.1 Å². The summed E-state index contributed by atoms with van der Waals surface area (Å²) in [5.41, 5.74) is 0.218. The number of carboxylic acid groups (broad SMARTS) is 1. The summed E-state index contributed by atoms with van der Waals surface area (Å²) >= 11 is 0. The van der Waals surface area contributed by atoms with Crippen molar-refractivity contribution in [2.24, 2.45) is 0 Å². The Morgan fingerprint density at radius 1 is 1.40 bits per heavy atom. The summed E-state index contributed by atoms with van der Waals surface area (Å²) in [6.07, 6.45) is 1.48. The molecule has 0 radical (unpaired) electrons. The van der Waals surface area contributed by atoms with Crippen molar-refractivity contribution in [1.82, 2.24) is 4.31 Å². The molecule has 1 heterocycles. The highest BCUT2D eigenvalue weighted by Gasteiger charge is 2.38. The van der Waals surface area contributed by atoms with Crippen molar-refractivity contribution in [2.75, 3.05) is 6.54 Å². The van der Waals surface area contributed by atoms with E-state index in [9.17, 15) is 17.6 Å². The van der Waals surface area contributed by atoms with Gasteiger partial charge in [-0.15, -0.1) is 0 Å². The summed E-state index contributed by atoms with van der Waals surface area (Å²) in [6, 6.07) is 2.98.